The van der Waals surface area contributed by atoms with Gasteiger partial charge in [-0.05, 0) is 39.9 Å². The fourth-order valence-corrected chi connectivity index (χ4v) is 4.45. The van der Waals surface area contributed by atoms with E-state index in [1.807, 2.05) is 31.3 Å². The fraction of sp³-hybridized carbons (Fsp3) is 0.174. The van der Waals surface area contributed by atoms with Crippen molar-refractivity contribution in [3.05, 3.63) is 95.3 Å². The maximum absolute atomic E-state index is 13.4. The highest BCUT2D eigenvalue weighted by Crippen LogP contribution is 2.51. The highest BCUT2D eigenvalue weighted by atomic mass is 19.1. The number of benzene rings is 3. The number of halogens is 1. The lowest BCUT2D eigenvalue weighted by atomic mass is 9.99. The topological polar surface area (TPSA) is 23.6 Å². The molecular formula is C23H19FN2O. The molecule has 1 aliphatic carbocycles. The van der Waals surface area contributed by atoms with E-state index < -0.39 is 0 Å². The first-order valence-corrected chi connectivity index (χ1v) is 9.13. The van der Waals surface area contributed by atoms with Crippen molar-refractivity contribution >= 4 is 5.91 Å². The van der Waals surface area contributed by atoms with Gasteiger partial charge in [0.05, 0.1) is 12.1 Å². The molecule has 3 nitrogen and oxygen atoms in total. The monoisotopic (exact) mass is 358 g/mol. The van der Waals surface area contributed by atoms with Gasteiger partial charge in [0.25, 0.3) is 0 Å². The number of fused-ring (bicyclic) bond motifs is 3. The maximum atomic E-state index is 13.4. The first kappa shape index (κ1) is 16.2. The van der Waals surface area contributed by atoms with Crippen molar-refractivity contribution in [2.45, 2.75) is 18.5 Å². The Hall–Kier alpha value is -2.98. The lowest BCUT2D eigenvalue weighted by molar-refractivity contribution is -0.138. The maximum Gasteiger partial charge on any atom is 0.238 e. The zero-order valence-electron chi connectivity index (χ0n) is 15.0. The molecule has 1 amide bonds. The van der Waals surface area contributed by atoms with Gasteiger partial charge in [0.2, 0.25) is 5.91 Å². The van der Waals surface area contributed by atoms with Gasteiger partial charge in [-0.3, -0.25) is 9.80 Å². The normalized spacial score (nSPS) is 19.4. The number of nitrogens with zero attached hydrogens (tertiary/aromatic N) is 2. The lowest BCUT2D eigenvalue weighted by Crippen LogP contribution is -2.39. The molecule has 27 heavy (non-hydrogen) atoms. The summed E-state index contributed by atoms with van der Waals surface area (Å²) >= 11 is 0. The van der Waals surface area contributed by atoms with Gasteiger partial charge < -0.3 is 0 Å². The van der Waals surface area contributed by atoms with Gasteiger partial charge in [0, 0.05) is 13.5 Å². The highest BCUT2D eigenvalue weighted by Gasteiger charge is 2.44. The molecule has 134 valence electrons. The molecule has 0 aromatic heterocycles. The number of carbonyl (C=O) groups excluding carboxylic acids is 1. The van der Waals surface area contributed by atoms with Crippen molar-refractivity contribution < 1.29 is 9.18 Å². The zero-order valence-corrected chi connectivity index (χ0v) is 15.0. The third-order valence-electron chi connectivity index (χ3n) is 5.71. The standard InChI is InChI=1S/C23H19FN2O/c1-25-22(27)14-21(15-10-12-16(24)13-11-15)26(25)23-19-8-4-2-6-17(19)18-7-3-5-9-20(18)23/h2-13,21,23H,14H2,1H3. The van der Waals surface area contributed by atoms with Gasteiger partial charge in [-0.25, -0.2) is 4.39 Å². The van der Waals surface area contributed by atoms with E-state index in [0.717, 1.165) is 5.56 Å². The van der Waals surface area contributed by atoms with Crippen molar-refractivity contribution in [1.82, 2.24) is 10.0 Å². The molecule has 1 saturated heterocycles. The van der Waals surface area contributed by atoms with Crippen molar-refractivity contribution in [3.8, 4) is 11.1 Å². The minimum Gasteiger partial charge on any atom is -0.277 e. The Bertz CT molecular complexity index is 985. The van der Waals surface area contributed by atoms with E-state index in [2.05, 4.69) is 29.3 Å². The summed E-state index contributed by atoms with van der Waals surface area (Å²) in [6.07, 6.45) is 0.392. The second kappa shape index (κ2) is 6.03. The number of amides is 1. The fourth-order valence-electron chi connectivity index (χ4n) is 4.45. The van der Waals surface area contributed by atoms with Crippen LogP contribution < -0.4 is 0 Å². The summed E-state index contributed by atoms with van der Waals surface area (Å²) in [5, 5.41) is 3.89. The molecule has 0 N–H and O–H groups in total. The SMILES string of the molecule is CN1C(=O)CC(c2ccc(F)cc2)N1C1c2ccccc2-c2ccccc21. The van der Waals surface area contributed by atoms with E-state index in [0.29, 0.717) is 6.42 Å². The van der Waals surface area contributed by atoms with Crippen molar-refractivity contribution in [2.24, 2.45) is 0 Å². The van der Waals surface area contributed by atoms with Crippen molar-refractivity contribution in [3.63, 3.8) is 0 Å². The molecule has 1 aliphatic heterocycles. The van der Waals surface area contributed by atoms with E-state index >= 15 is 0 Å². The van der Waals surface area contributed by atoms with Crippen LogP contribution in [0.3, 0.4) is 0 Å². The lowest BCUT2D eigenvalue weighted by Gasteiger charge is -2.36. The van der Waals surface area contributed by atoms with Gasteiger partial charge in [0.1, 0.15) is 5.82 Å². The molecule has 1 fully saturated rings. The molecular weight excluding hydrogens is 339 g/mol. The van der Waals surface area contributed by atoms with E-state index in [1.165, 1.54) is 34.4 Å². The summed E-state index contributed by atoms with van der Waals surface area (Å²) < 4.78 is 13.4. The molecule has 4 heteroatoms. The van der Waals surface area contributed by atoms with E-state index in [9.17, 15) is 9.18 Å². The van der Waals surface area contributed by atoms with Gasteiger partial charge >= 0.3 is 0 Å². The number of hydrazine groups is 1. The molecule has 0 bridgehead atoms. The Morgan fingerprint density at radius 3 is 2.00 bits per heavy atom. The van der Waals surface area contributed by atoms with Crippen molar-refractivity contribution in [2.75, 3.05) is 7.05 Å². The molecule has 2 aliphatic rings. The predicted octanol–water partition coefficient (Wildman–Crippen LogP) is 4.72. The van der Waals surface area contributed by atoms with Crippen LogP contribution in [0, 0.1) is 5.82 Å². The van der Waals surface area contributed by atoms with Crippen LogP contribution in [0.4, 0.5) is 4.39 Å². The summed E-state index contributed by atoms with van der Waals surface area (Å²) in [6.45, 7) is 0. The van der Waals surface area contributed by atoms with Crippen molar-refractivity contribution in [1.29, 1.82) is 0 Å². The quantitative estimate of drug-likeness (QED) is 0.662. The summed E-state index contributed by atoms with van der Waals surface area (Å²) in [5.41, 5.74) is 5.78. The molecule has 5 rings (SSSR count). The average molecular weight is 358 g/mol. The van der Waals surface area contributed by atoms with Crippen LogP contribution in [0.1, 0.15) is 35.2 Å². The Morgan fingerprint density at radius 1 is 0.852 bits per heavy atom. The molecule has 1 atom stereocenters. The zero-order chi connectivity index (χ0) is 18.5. The van der Waals surface area contributed by atoms with Gasteiger partial charge in [-0.2, -0.15) is 5.01 Å². The van der Waals surface area contributed by atoms with Crippen LogP contribution in [0.15, 0.2) is 72.8 Å². The summed E-state index contributed by atoms with van der Waals surface area (Å²) in [5.74, 6) is -0.189. The first-order valence-electron chi connectivity index (χ1n) is 9.13. The molecule has 3 aromatic rings. The van der Waals surface area contributed by atoms with E-state index in [1.54, 1.807) is 17.1 Å². The predicted molar refractivity (Wildman–Crippen MR) is 102 cm³/mol. The molecule has 0 radical (unpaired) electrons. The highest BCUT2D eigenvalue weighted by molar-refractivity contribution is 5.81. The first-order chi connectivity index (χ1) is 13.1. The Morgan fingerprint density at radius 2 is 1.41 bits per heavy atom. The molecule has 1 heterocycles. The summed E-state index contributed by atoms with van der Waals surface area (Å²) in [4.78, 5) is 12.6. The third-order valence-corrected chi connectivity index (χ3v) is 5.71. The minimum atomic E-state index is -0.264. The summed E-state index contributed by atoms with van der Waals surface area (Å²) in [7, 11) is 1.83. The van der Waals surface area contributed by atoms with Crippen LogP contribution >= 0.6 is 0 Å². The van der Waals surface area contributed by atoms with Crippen LogP contribution in [0.25, 0.3) is 11.1 Å². The average Bonchev–Trinajstić information content (AvgIpc) is 3.17. The van der Waals surface area contributed by atoms with E-state index in [-0.39, 0.29) is 23.8 Å². The smallest absolute Gasteiger partial charge is 0.238 e. The third kappa shape index (κ3) is 2.41. The largest absolute Gasteiger partial charge is 0.277 e. The number of rotatable bonds is 2. The van der Waals surface area contributed by atoms with E-state index in [4.69, 9.17) is 0 Å². The minimum absolute atomic E-state index is 0.0381. The summed E-state index contributed by atoms with van der Waals surface area (Å²) in [6, 6.07) is 23.1. The van der Waals surface area contributed by atoms with Gasteiger partial charge in [-0.1, -0.05) is 60.7 Å². The molecule has 0 spiro atoms. The van der Waals surface area contributed by atoms with Crippen LogP contribution in [0.2, 0.25) is 0 Å². The van der Waals surface area contributed by atoms with Gasteiger partial charge in [0.15, 0.2) is 0 Å². The van der Waals surface area contributed by atoms with Crippen LogP contribution in [-0.2, 0) is 4.79 Å². The van der Waals surface area contributed by atoms with Crippen LogP contribution in [0.5, 0.6) is 0 Å². The Labute approximate surface area is 157 Å². The second-order valence-corrected chi connectivity index (χ2v) is 7.15. The molecule has 1 unspecified atom stereocenters. The second-order valence-electron chi connectivity index (χ2n) is 7.15. The van der Waals surface area contributed by atoms with Gasteiger partial charge in [-0.15, -0.1) is 0 Å². The Kier molecular flexibility index (Phi) is 3.62. The number of hydrogen-bond acceptors (Lipinski definition) is 2. The number of carbonyl (C=O) groups is 1. The van der Waals surface area contributed by atoms with Crippen LogP contribution in [-0.4, -0.2) is 23.0 Å². The Balaban J connectivity index is 1.67. The molecule has 0 saturated carbocycles. The number of hydrogen-bond donors (Lipinski definition) is 0. The molecule has 3 aromatic carbocycles.